The van der Waals surface area contributed by atoms with Crippen LogP contribution in [0.4, 0.5) is 4.39 Å². The normalized spacial score (nSPS) is 41.6. The van der Waals surface area contributed by atoms with Gasteiger partial charge in [-0.15, -0.1) is 0 Å². The van der Waals surface area contributed by atoms with Gasteiger partial charge in [-0.3, -0.25) is 0 Å². The molecule has 2 heterocycles. The van der Waals surface area contributed by atoms with Crippen LogP contribution >= 0.6 is 0 Å². The van der Waals surface area contributed by atoms with Crippen LogP contribution in [-0.2, 0) is 9.57 Å². The first-order valence-electron chi connectivity index (χ1n) is 3.73. The van der Waals surface area contributed by atoms with E-state index in [0.717, 1.165) is 0 Å². The van der Waals surface area contributed by atoms with Gasteiger partial charge in [0.05, 0.1) is 24.3 Å². The van der Waals surface area contributed by atoms with E-state index in [9.17, 15) is 4.39 Å². The van der Waals surface area contributed by atoms with Gasteiger partial charge in [-0.2, -0.15) is 0 Å². The van der Waals surface area contributed by atoms with E-state index in [2.05, 4.69) is 5.16 Å². The van der Waals surface area contributed by atoms with Crippen molar-refractivity contribution in [2.45, 2.75) is 19.1 Å². The summed E-state index contributed by atoms with van der Waals surface area (Å²) in [6.45, 7) is 1.95. The molecule has 0 aromatic heterocycles. The third kappa shape index (κ3) is 0.929. The quantitative estimate of drug-likeness (QED) is 0.565. The minimum absolute atomic E-state index is 0.0410. The lowest BCUT2D eigenvalue weighted by molar-refractivity contribution is 0.00828. The summed E-state index contributed by atoms with van der Waals surface area (Å²) in [4.78, 5) is 5.02. The van der Waals surface area contributed by atoms with Crippen molar-refractivity contribution in [2.24, 2.45) is 11.1 Å². The maximum atomic E-state index is 12.2. The van der Waals surface area contributed by atoms with Gasteiger partial charge in [-0.1, -0.05) is 5.16 Å². The van der Waals surface area contributed by atoms with Crippen LogP contribution in [0, 0.1) is 5.92 Å². The maximum absolute atomic E-state index is 12.2. The zero-order valence-corrected chi connectivity index (χ0v) is 6.29. The van der Waals surface area contributed by atoms with Crippen molar-refractivity contribution in [2.75, 3.05) is 13.3 Å². The Balaban J connectivity index is 2.11. The van der Waals surface area contributed by atoms with Crippen molar-refractivity contribution in [1.82, 2.24) is 0 Å². The van der Waals surface area contributed by atoms with Gasteiger partial charge < -0.3 is 9.57 Å². The van der Waals surface area contributed by atoms with Crippen LogP contribution in [0.2, 0.25) is 0 Å². The Morgan fingerprint density at radius 3 is 3.27 bits per heavy atom. The summed E-state index contributed by atoms with van der Waals surface area (Å²) in [5.74, 6) is 0.0648. The molecule has 0 spiro atoms. The van der Waals surface area contributed by atoms with Crippen LogP contribution in [0.1, 0.15) is 6.92 Å². The Kier molecular flexibility index (Phi) is 1.56. The summed E-state index contributed by atoms with van der Waals surface area (Å²) in [7, 11) is 0. The number of oxime groups is 1. The van der Waals surface area contributed by atoms with E-state index >= 15 is 0 Å². The number of halogens is 1. The average Bonchev–Trinajstić information content (AvgIpc) is 2.53. The fraction of sp³-hybridized carbons (Fsp3) is 0.857. The highest BCUT2D eigenvalue weighted by Crippen LogP contribution is 2.29. The lowest BCUT2D eigenvalue weighted by Gasteiger charge is -2.08. The summed E-state index contributed by atoms with van der Waals surface area (Å²) in [5.41, 5.74) is 0.499. The molecule has 3 nitrogen and oxygen atoms in total. The lowest BCUT2D eigenvalue weighted by Crippen LogP contribution is -2.25. The Bertz CT molecular complexity index is 195. The summed E-state index contributed by atoms with van der Waals surface area (Å²) in [6, 6.07) is 0. The average molecular weight is 159 g/mol. The van der Waals surface area contributed by atoms with Crippen LogP contribution in [-0.4, -0.2) is 31.2 Å². The highest BCUT2D eigenvalue weighted by Gasteiger charge is 2.43. The molecule has 0 aromatic carbocycles. The third-order valence-electron chi connectivity index (χ3n) is 2.25. The summed E-state index contributed by atoms with van der Waals surface area (Å²) in [6.07, 6.45) is 0.00792. The van der Waals surface area contributed by atoms with Crippen molar-refractivity contribution >= 4 is 5.71 Å². The zero-order valence-electron chi connectivity index (χ0n) is 6.29. The zero-order chi connectivity index (χ0) is 7.84. The minimum Gasteiger partial charge on any atom is -0.389 e. The highest BCUT2D eigenvalue weighted by atomic mass is 19.1. The Morgan fingerprint density at radius 1 is 1.73 bits per heavy atom. The van der Waals surface area contributed by atoms with Gasteiger partial charge >= 0.3 is 0 Å². The van der Waals surface area contributed by atoms with Gasteiger partial charge in [0.15, 0.2) is 6.10 Å². The molecular weight excluding hydrogens is 149 g/mol. The fourth-order valence-corrected chi connectivity index (χ4v) is 1.54. The fourth-order valence-electron chi connectivity index (χ4n) is 1.54. The Hall–Kier alpha value is -0.640. The summed E-state index contributed by atoms with van der Waals surface area (Å²) in [5, 5.41) is 3.65. The predicted molar refractivity (Wildman–Crippen MR) is 37.2 cm³/mol. The van der Waals surface area contributed by atoms with Crippen molar-refractivity contribution in [3.63, 3.8) is 0 Å². The van der Waals surface area contributed by atoms with Crippen LogP contribution in [0.5, 0.6) is 0 Å². The molecule has 2 rings (SSSR count). The first kappa shape index (κ1) is 7.03. The smallest absolute Gasteiger partial charge is 0.163 e. The second-order valence-corrected chi connectivity index (χ2v) is 2.93. The standard InChI is InChI=1S/C7H10FNO2/c1-4-7-5(3-10-4)6(2-8)9-11-7/h4-5,7H,2-3H2,1H3/t4-,5-,7-/m1/s1. The van der Waals surface area contributed by atoms with Crippen molar-refractivity contribution in [3.05, 3.63) is 0 Å². The van der Waals surface area contributed by atoms with E-state index in [1.807, 2.05) is 6.92 Å². The van der Waals surface area contributed by atoms with Gasteiger partial charge in [0.25, 0.3) is 0 Å². The van der Waals surface area contributed by atoms with E-state index < -0.39 is 6.67 Å². The molecule has 1 saturated heterocycles. The molecular formula is C7H10FNO2. The topological polar surface area (TPSA) is 30.8 Å². The van der Waals surface area contributed by atoms with E-state index in [0.29, 0.717) is 12.3 Å². The number of hydrogen-bond acceptors (Lipinski definition) is 3. The number of nitrogens with zero attached hydrogens (tertiary/aromatic N) is 1. The number of ether oxygens (including phenoxy) is 1. The molecule has 0 bridgehead atoms. The predicted octanol–water partition coefficient (Wildman–Crippen LogP) is 0.746. The molecule has 0 aliphatic carbocycles. The van der Waals surface area contributed by atoms with Crippen LogP contribution in [0.15, 0.2) is 5.16 Å². The second-order valence-electron chi connectivity index (χ2n) is 2.93. The van der Waals surface area contributed by atoms with Gasteiger partial charge in [-0.05, 0) is 6.92 Å². The van der Waals surface area contributed by atoms with Gasteiger partial charge in [-0.25, -0.2) is 4.39 Å². The maximum Gasteiger partial charge on any atom is 0.163 e. The molecule has 3 atom stereocenters. The van der Waals surface area contributed by atoms with E-state index in [4.69, 9.17) is 9.57 Å². The largest absolute Gasteiger partial charge is 0.389 e. The SMILES string of the molecule is C[C@H]1OC[C@@H]2C(CF)=NO[C@@H]21. The summed E-state index contributed by atoms with van der Waals surface area (Å²) >= 11 is 0. The first-order valence-corrected chi connectivity index (χ1v) is 3.73. The minimum atomic E-state index is -0.517. The molecule has 0 saturated carbocycles. The molecule has 0 aromatic rings. The van der Waals surface area contributed by atoms with E-state index in [1.54, 1.807) is 0 Å². The second kappa shape index (κ2) is 2.44. The molecule has 0 amide bonds. The molecule has 2 aliphatic rings. The van der Waals surface area contributed by atoms with E-state index in [-0.39, 0.29) is 18.1 Å². The van der Waals surface area contributed by atoms with Gasteiger partial charge in [0.2, 0.25) is 0 Å². The Labute approximate surface area is 64.2 Å². The van der Waals surface area contributed by atoms with Crippen LogP contribution < -0.4 is 0 Å². The van der Waals surface area contributed by atoms with Crippen molar-refractivity contribution < 1.29 is 14.0 Å². The molecule has 0 unspecified atom stereocenters. The molecule has 0 radical (unpaired) electrons. The number of fused-ring (bicyclic) bond motifs is 1. The molecule has 62 valence electrons. The Morgan fingerprint density at radius 2 is 2.55 bits per heavy atom. The van der Waals surface area contributed by atoms with Crippen molar-refractivity contribution in [1.29, 1.82) is 0 Å². The molecule has 4 heteroatoms. The monoisotopic (exact) mass is 159 g/mol. The first-order chi connectivity index (χ1) is 5.33. The molecule has 11 heavy (non-hydrogen) atoms. The van der Waals surface area contributed by atoms with Crippen LogP contribution in [0.25, 0.3) is 0 Å². The number of hydrogen-bond donors (Lipinski definition) is 0. The van der Waals surface area contributed by atoms with Crippen LogP contribution in [0.3, 0.4) is 0 Å². The lowest BCUT2D eigenvalue weighted by atomic mass is 9.99. The third-order valence-corrected chi connectivity index (χ3v) is 2.25. The summed E-state index contributed by atoms with van der Waals surface area (Å²) < 4.78 is 17.5. The molecule has 0 N–H and O–H groups in total. The molecule has 1 fully saturated rings. The molecule has 2 aliphatic heterocycles. The van der Waals surface area contributed by atoms with E-state index in [1.165, 1.54) is 0 Å². The van der Waals surface area contributed by atoms with Crippen molar-refractivity contribution in [3.8, 4) is 0 Å². The number of alkyl halides is 1. The van der Waals surface area contributed by atoms with Gasteiger partial charge in [0.1, 0.15) is 6.67 Å². The highest BCUT2D eigenvalue weighted by molar-refractivity contribution is 5.89. The number of rotatable bonds is 1. The van der Waals surface area contributed by atoms with Gasteiger partial charge in [0, 0.05) is 0 Å².